The van der Waals surface area contributed by atoms with E-state index in [-0.39, 0.29) is 13.2 Å². The molecule has 0 aliphatic rings. The van der Waals surface area contributed by atoms with Crippen molar-refractivity contribution >= 4 is 25.5 Å². The average Bonchev–Trinajstić information content (AvgIpc) is 2.38. The van der Waals surface area contributed by atoms with Crippen LogP contribution in [0.15, 0.2) is 23.2 Å². The highest BCUT2D eigenvalue weighted by molar-refractivity contribution is 7.62. The van der Waals surface area contributed by atoms with Crippen LogP contribution in [0.5, 0.6) is 0 Å². The molecule has 0 spiro atoms. The summed E-state index contributed by atoms with van der Waals surface area (Å²) in [6, 6.07) is 4.88. The Morgan fingerprint density at radius 2 is 1.89 bits per heavy atom. The van der Waals surface area contributed by atoms with Gasteiger partial charge in [0.05, 0.1) is 18.5 Å². The molecule has 0 aromatic heterocycles. The molecule has 1 aromatic carbocycles. The van der Waals surface area contributed by atoms with E-state index < -0.39 is 13.5 Å². The Kier molecular flexibility index (Phi) is 5.60. The Balaban J connectivity index is 3.36. The average molecular weight is 283 g/mol. The SMILES string of the molecule is C=NC(=O)c1cccc(P(=O)(OCC)OCC)c1C. The van der Waals surface area contributed by atoms with E-state index in [0.29, 0.717) is 16.4 Å². The third-order valence-electron chi connectivity index (χ3n) is 2.57. The molecule has 0 saturated heterocycles. The molecule has 0 aliphatic heterocycles. The summed E-state index contributed by atoms with van der Waals surface area (Å²) >= 11 is 0. The zero-order valence-corrected chi connectivity index (χ0v) is 12.3. The fourth-order valence-corrected chi connectivity index (χ4v) is 3.59. The van der Waals surface area contributed by atoms with Crippen LogP contribution in [-0.4, -0.2) is 25.8 Å². The van der Waals surface area contributed by atoms with Crippen molar-refractivity contribution in [3.63, 3.8) is 0 Å². The minimum Gasteiger partial charge on any atom is -0.305 e. The topological polar surface area (TPSA) is 65.0 Å². The molecular formula is C13H18NO4P. The molecule has 19 heavy (non-hydrogen) atoms. The first-order chi connectivity index (χ1) is 9.00. The number of aliphatic imine (C=N–C) groups is 1. The number of carbonyl (C=O) groups excluding carboxylic acids is 1. The van der Waals surface area contributed by atoms with Gasteiger partial charge in [0.25, 0.3) is 5.91 Å². The van der Waals surface area contributed by atoms with Gasteiger partial charge in [-0.2, -0.15) is 0 Å². The molecule has 0 bridgehead atoms. The predicted octanol–water partition coefficient (Wildman–Crippen LogP) is 2.73. The van der Waals surface area contributed by atoms with E-state index >= 15 is 0 Å². The molecule has 5 nitrogen and oxygen atoms in total. The number of benzene rings is 1. The lowest BCUT2D eigenvalue weighted by Gasteiger charge is -2.19. The summed E-state index contributed by atoms with van der Waals surface area (Å²) in [5.41, 5.74) is 0.900. The zero-order chi connectivity index (χ0) is 14.5. The number of amides is 1. The highest BCUT2D eigenvalue weighted by Gasteiger charge is 2.30. The Bertz CT molecular complexity index is 517. The number of rotatable bonds is 6. The maximum atomic E-state index is 12.7. The van der Waals surface area contributed by atoms with Crippen LogP contribution in [0.25, 0.3) is 0 Å². The third-order valence-corrected chi connectivity index (χ3v) is 4.84. The monoisotopic (exact) mass is 283 g/mol. The lowest BCUT2D eigenvalue weighted by Crippen LogP contribution is -2.16. The molecular weight excluding hydrogens is 265 g/mol. The van der Waals surface area contributed by atoms with Crippen LogP contribution in [0, 0.1) is 6.92 Å². The van der Waals surface area contributed by atoms with Gasteiger partial charge in [-0.1, -0.05) is 6.07 Å². The molecule has 0 heterocycles. The second kappa shape index (κ2) is 6.75. The van der Waals surface area contributed by atoms with Crippen molar-refractivity contribution < 1.29 is 18.4 Å². The smallest absolute Gasteiger partial charge is 0.305 e. The van der Waals surface area contributed by atoms with E-state index in [1.807, 2.05) is 0 Å². The molecule has 0 atom stereocenters. The Hall–Kier alpha value is -1.29. The van der Waals surface area contributed by atoms with Crippen molar-refractivity contribution in [2.45, 2.75) is 20.8 Å². The van der Waals surface area contributed by atoms with Crippen molar-refractivity contribution in [2.75, 3.05) is 13.2 Å². The largest absolute Gasteiger partial charge is 0.361 e. The summed E-state index contributed by atoms with van der Waals surface area (Å²) in [7, 11) is -3.40. The first kappa shape index (κ1) is 15.8. The number of nitrogens with zero attached hydrogens (tertiary/aromatic N) is 1. The fourth-order valence-electron chi connectivity index (χ4n) is 1.75. The molecule has 6 heteroatoms. The highest BCUT2D eigenvalue weighted by atomic mass is 31.2. The normalized spacial score (nSPS) is 11.3. The van der Waals surface area contributed by atoms with Gasteiger partial charge in [0.15, 0.2) is 0 Å². The standard InChI is InChI=1S/C13H18NO4P/c1-5-17-19(16,18-6-2)12-9-7-8-11(10(12)3)13(15)14-4/h7-9H,4-6H2,1-3H3. The third kappa shape index (κ3) is 3.38. The summed E-state index contributed by atoms with van der Waals surface area (Å²) in [6.45, 7) is 8.90. The van der Waals surface area contributed by atoms with Gasteiger partial charge >= 0.3 is 7.60 Å². The van der Waals surface area contributed by atoms with Crippen LogP contribution in [0.3, 0.4) is 0 Å². The van der Waals surface area contributed by atoms with E-state index in [1.54, 1.807) is 39.0 Å². The van der Waals surface area contributed by atoms with Crippen LogP contribution in [0.4, 0.5) is 0 Å². The molecule has 104 valence electrons. The second-order valence-electron chi connectivity index (χ2n) is 3.75. The summed E-state index contributed by atoms with van der Waals surface area (Å²) in [4.78, 5) is 15.0. The Morgan fingerprint density at radius 3 is 2.37 bits per heavy atom. The number of carbonyl (C=O) groups is 1. The highest BCUT2D eigenvalue weighted by Crippen LogP contribution is 2.47. The van der Waals surface area contributed by atoms with Crippen LogP contribution < -0.4 is 5.30 Å². The van der Waals surface area contributed by atoms with Crippen LogP contribution in [0.2, 0.25) is 0 Å². The molecule has 0 N–H and O–H groups in total. The van der Waals surface area contributed by atoms with Crippen molar-refractivity contribution in [1.29, 1.82) is 0 Å². The van der Waals surface area contributed by atoms with Crippen LogP contribution >= 0.6 is 7.60 Å². The van der Waals surface area contributed by atoms with E-state index in [9.17, 15) is 9.36 Å². The molecule has 0 radical (unpaired) electrons. The maximum absolute atomic E-state index is 12.7. The molecule has 1 aromatic rings. The maximum Gasteiger partial charge on any atom is 0.361 e. The van der Waals surface area contributed by atoms with Gasteiger partial charge in [0.1, 0.15) is 0 Å². The summed E-state index contributed by atoms with van der Waals surface area (Å²) in [6.07, 6.45) is 0. The fraction of sp³-hybridized carbons (Fsp3) is 0.385. The van der Waals surface area contributed by atoms with Gasteiger partial charge in [-0.05, 0) is 45.2 Å². The van der Waals surface area contributed by atoms with E-state index in [4.69, 9.17) is 9.05 Å². The summed E-state index contributed by atoms with van der Waals surface area (Å²) in [5.74, 6) is -0.459. The molecule has 0 saturated carbocycles. The molecule has 0 aliphatic carbocycles. The zero-order valence-electron chi connectivity index (χ0n) is 11.4. The molecule has 1 rings (SSSR count). The summed E-state index contributed by atoms with van der Waals surface area (Å²) < 4.78 is 23.3. The van der Waals surface area contributed by atoms with Gasteiger partial charge in [-0.25, -0.2) is 4.99 Å². The molecule has 1 amide bonds. The second-order valence-corrected chi connectivity index (χ2v) is 5.74. The molecule has 0 fully saturated rings. The van der Waals surface area contributed by atoms with Crippen LogP contribution in [-0.2, 0) is 13.6 Å². The lowest BCUT2D eigenvalue weighted by atomic mass is 10.1. The number of hydrogen-bond acceptors (Lipinski definition) is 4. The first-order valence-electron chi connectivity index (χ1n) is 6.00. The Labute approximate surface area is 113 Å². The first-order valence-corrected chi connectivity index (χ1v) is 7.54. The van der Waals surface area contributed by atoms with Gasteiger partial charge in [-0.3, -0.25) is 9.36 Å². The minimum absolute atomic E-state index is 0.259. The van der Waals surface area contributed by atoms with Crippen molar-refractivity contribution in [3.8, 4) is 0 Å². The van der Waals surface area contributed by atoms with E-state index in [0.717, 1.165) is 0 Å². The lowest BCUT2D eigenvalue weighted by molar-refractivity contribution is 0.100. The van der Waals surface area contributed by atoms with Gasteiger partial charge in [0, 0.05) is 5.56 Å². The van der Waals surface area contributed by atoms with E-state index in [1.165, 1.54) is 0 Å². The summed E-state index contributed by atoms with van der Waals surface area (Å²) in [5, 5.41) is 0.394. The minimum atomic E-state index is -3.40. The van der Waals surface area contributed by atoms with Gasteiger partial charge in [-0.15, -0.1) is 0 Å². The predicted molar refractivity (Wildman–Crippen MR) is 75.6 cm³/mol. The Morgan fingerprint density at radius 1 is 1.32 bits per heavy atom. The molecule has 0 unspecified atom stereocenters. The van der Waals surface area contributed by atoms with Gasteiger partial charge in [0.2, 0.25) is 0 Å². The quantitative estimate of drug-likeness (QED) is 0.594. The number of hydrogen-bond donors (Lipinski definition) is 0. The van der Waals surface area contributed by atoms with Crippen molar-refractivity contribution in [2.24, 2.45) is 4.99 Å². The van der Waals surface area contributed by atoms with E-state index in [2.05, 4.69) is 11.7 Å². The van der Waals surface area contributed by atoms with Gasteiger partial charge < -0.3 is 9.05 Å². The van der Waals surface area contributed by atoms with Crippen molar-refractivity contribution in [3.05, 3.63) is 29.3 Å². The van der Waals surface area contributed by atoms with Crippen LogP contribution in [0.1, 0.15) is 29.8 Å². The van der Waals surface area contributed by atoms with Crippen molar-refractivity contribution in [1.82, 2.24) is 0 Å².